The van der Waals surface area contributed by atoms with Gasteiger partial charge >= 0.3 is 0 Å². The summed E-state index contributed by atoms with van der Waals surface area (Å²) < 4.78 is 7.25. The molecule has 0 bridgehead atoms. The molecule has 1 aliphatic rings. The number of primary amides is 1. The number of methoxy groups -OCH3 is 1. The normalized spacial score (nSPS) is 17.1. The van der Waals surface area contributed by atoms with E-state index in [-0.39, 0.29) is 11.8 Å². The van der Waals surface area contributed by atoms with Crippen molar-refractivity contribution in [3.8, 4) is 0 Å². The van der Waals surface area contributed by atoms with Crippen LogP contribution in [0.25, 0.3) is 0 Å². The molecule has 2 rings (SSSR count). The van der Waals surface area contributed by atoms with Crippen LogP contribution >= 0.6 is 0 Å². The van der Waals surface area contributed by atoms with Crippen LogP contribution in [0.5, 0.6) is 0 Å². The van der Waals surface area contributed by atoms with E-state index in [0.717, 1.165) is 29.9 Å². The first-order valence-corrected chi connectivity index (χ1v) is 8.61. The van der Waals surface area contributed by atoms with E-state index in [1.165, 1.54) is 0 Å². The maximum absolute atomic E-state index is 12.9. The lowest BCUT2D eigenvalue weighted by Gasteiger charge is -2.39. The Morgan fingerprint density at radius 2 is 1.92 bits per heavy atom. The van der Waals surface area contributed by atoms with Crippen LogP contribution in [-0.4, -0.2) is 48.1 Å². The van der Waals surface area contributed by atoms with Crippen molar-refractivity contribution in [3.63, 3.8) is 0 Å². The number of likely N-dealkylation sites (tertiary alicyclic amines) is 1. The molecule has 6 nitrogen and oxygen atoms in total. The van der Waals surface area contributed by atoms with Gasteiger partial charge in [0.1, 0.15) is 0 Å². The van der Waals surface area contributed by atoms with Gasteiger partial charge in [-0.25, -0.2) is 0 Å². The van der Waals surface area contributed by atoms with Crippen molar-refractivity contribution in [2.75, 3.05) is 26.8 Å². The Hall–Kier alpha value is -1.82. The number of nitrogens with two attached hydrogens (primary N) is 1. The highest BCUT2D eigenvalue weighted by molar-refractivity contribution is 5.96. The number of hydrogen-bond acceptors (Lipinski definition) is 3. The molecule has 1 aromatic rings. The maximum atomic E-state index is 12.9. The molecule has 2 heterocycles. The first kappa shape index (κ1) is 18.5. The van der Waals surface area contributed by atoms with Crippen molar-refractivity contribution in [2.24, 2.45) is 11.1 Å². The molecular formula is C18H29N3O3. The van der Waals surface area contributed by atoms with Crippen LogP contribution in [-0.2, 0) is 16.1 Å². The quantitative estimate of drug-likeness (QED) is 0.862. The second-order valence-electron chi connectivity index (χ2n) is 6.72. The monoisotopic (exact) mass is 335 g/mol. The number of piperidine rings is 1. The van der Waals surface area contributed by atoms with Gasteiger partial charge in [0, 0.05) is 38.1 Å². The Kier molecular flexibility index (Phi) is 5.70. The van der Waals surface area contributed by atoms with Gasteiger partial charge in [-0.3, -0.25) is 9.59 Å². The Labute approximate surface area is 143 Å². The number of hydrogen-bond donors (Lipinski definition) is 1. The molecule has 0 radical (unpaired) electrons. The van der Waals surface area contributed by atoms with E-state index in [1.807, 2.05) is 31.7 Å². The number of aryl methyl sites for hydroxylation is 1. The van der Waals surface area contributed by atoms with E-state index in [4.69, 9.17) is 10.5 Å². The van der Waals surface area contributed by atoms with Gasteiger partial charge in [0.05, 0.1) is 17.6 Å². The molecule has 1 fully saturated rings. The minimum atomic E-state index is -0.452. The molecule has 1 saturated heterocycles. The van der Waals surface area contributed by atoms with E-state index < -0.39 is 5.41 Å². The minimum absolute atomic E-state index is 0.0425. The second-order valence-corrected chi connectivity index (χ2v) is 6.72. The van der Waals surface area contributed by atoms with Crippen LogP contribution in [0.3, 0.4) is 0 Å². The summed E-state index contributed by atoms with van der Waals surface area (Å²) in [6, 6.07) is 1.95. The average Bonchev–Trinajstić information content (AvgIpc) is 2.86. The molecule has 0 atom stereocenters. The zero-order chi connectivity index (χ0) is 17.9. The number of ether oxygens (including phenoxy) is 1. The first-order valence-electron chi connectivity index (χ1n) is 8.61. The summed E-state index contributed by atoms with van der Waals surface area (Å²) in [7, 11) is 1.67. The zero-order valence-corrected chi connectivity index (χ0v) is 15.2. The SMILES string of the molecule is CCC1(C(N)=O)CCN(C(=O)c2cc(C)n(CCOC)c2C)CC1. The molecule has 1 aliphatic heterocycles. The fourth-order valence-corrected chi connectivity index (χ4v) is 3.63. The van der Waals surface area contributed by atoms with Crippen LogP contribution in [0, 0.1) is 19.3 Å². The molecule has 0 spiro atoms. The Bertz CT molecular complexity index is 613. The van der Waals surface area contributed by atoms with Crippen LogP contribution in [0.4, 0.5) is 0 Å². The molecule has 0 unspecified atom stereocenters. The summed E-state index contributed by atoms with van der Waals surface area (Å²) in [6.45, 7) is 8.48. The van der Waals surface area contributed by atoms with Crippen LogP contribution in [0.1, 0.15) is 47.9 Å². The number of carbonyl (C=O) groups is 2. The average molecular weight is 335 g/mol. The second kappa shape index (κ2) is 7.38. The molecule has 24 heavy (non-hydrogen) atoms. The summed E-state index contributed by atoms with van der Waals surface area (Å²) in [5.74, 6) is -0.198. The van der Waals surface area contributed by atoms with E-state index >= 15 is 0 Å². The number of rotatable bonds is 6. The standard InChI is InChI=1S/C18H29N3O3/c1-5-18(17(19)23)6-8-20(9-7-18)16(22)15-12-13(2)21(14(15)3)10-11-24-4/h12H,5-11H2,1-4H3,(H2,19,23). The highest BCUT2D eigenvalue weighted by Gasteiger charge is 2.39. The van der Waals surface area contributed by atoms with Crippen molar-refractivity contribution in [1.29, 1.82) is 0 Å². The minimum Gasteiger partial charge on any atom is -0.383 e. The smallest absolute Gasteiger partial charge is 0.255 e. The van der Waals surface area contributed by atoms with Gasteiger partial charge in [0.15, 0.2) is 0 Å². The van der Waals surface area contributed by atoms with Crippen molar-refractivity contribution < 1.29 is 14.3 Å². The van der Waals surface area contributed by atoms with Crippen molar-refractivity contribution in [3.05, 3.63) is 23.0 Å². The topological polar surface area (TPSA) is 77.6 Å². The number of aromatic nitrogens is 1. The van der Waals surface area contributed by atoms with Crippen molar-refractivity contribution in [2.45, 2.75) is 46.6 Å². The summed E-state index contributed by atoms with van der Waals surface area (Å²) in [5.41, 5.74) is 7.90. The predicted octanol–water partition coefficient (Wildman–Crippen LogP) is 1.87. The third-order valence-electron chi connectivity index (χ3n) is 5.53. The molecule has 1 aromatic heterocycles. The lowest BCUT2D eigenvalue weighted by atomic mass is 9.75. The van der Waals surface area contributed by atoms with Crippen LogP contribution < -0.4 is 5.73 Å². The highest BCUT2D eigenvalue weighted by Crippen LogP contribution is 2.35. The van der Waals surface area contributed by atoms with Gasteiger partial charge in [-0.05, 0) is 39.2 Å². The van der Waals surface area contributed by atoms with Gasteiger partial charge in [0.2, 0.25) is 5.91 Å². The largest absolute Gasteiger partial charge is 0.383 e. The van der Waals surface area contributed by atoms with Gasteiger partial charge in [0.25, 0.3) is 5.91 Å². The highest BCUT2D eigenvalue weighted by atomic mass is 16.5. The Morgan fingerprint density at radius 1 is 1.29 bits per heavy atom. The van der Waals surface area contributed by atoms with E-state index in [9.17, 15) is 9.59 Å². The third-order valence-corrected chi connectivity index (χ3v) is 5.53. The maximum Gasteiger partial charge on any atom is 0.255 e. The summed E-state index contributed by atoms with van der Waals surface area (Å²) in [5, 5.41) is 0. The molecule has 134 valence electrons. The van der Waals surface area contributed by atoms with E-state index in [2.05, 4.69) is 4.57 Å². The summed E-state index contributed by atoms with van der Waals surface area (Å²) in [6.07, 6.45) is 2.02. The number of carbonyl (C=O) groups excluding carboxylic acids is 2. The number of amides is 2. The molecule has 0 aliphatic carbocycles. The van der Waals surface area contributed by atoms with E-state index in [0.29, 0.717) is 32.5 Å². The molecule has 0 aromatic carbocycles. The fraction of sp³-hybridized carbons (Fsp3) is 0.667. The third kappa shape index (κ3) is 3.34. The van der Waals surface area contributed by atoms with Crippen LogP contribution in [0.2, 0.25) is 0 Å². The van der Waals surface area contributed by atoms with Gasteiger partial charge < -0.3 is 19.9 Å². The van der Waals surface area contributed by atoms with Gasteiger partial charge in [-0.2, -0.15) is 0 Å². The summed E-state index contributed by atoms with van der Waals surface area (Å²) >= 11 is 0. The lowest BCUT2D eigenvalue weighted by molar-refractivity contribution is -0.130. The molecule has 6 heteroatoms. The Balaban J connectivity index is 2.12. The lowest BCUT2D eigenvalue weighted by Crippen LogP contribution is -2.48. The molecule has 2 amide bonds. The number of nitrogens with zero attached hydrogens (tertiary/aromatic N) is 2. The molecule has 2 N–H and O–H groups in total. The zero-order valence-electron chi connectivity index (χ0n) is 15.2. The van der Waals surface area contributed by atoms with Crippen molar-refractivity contribution >= 4 is 11.8 Å². The molecular weight excluding hydrogens is 306 g/mol. The fourth-order valence-electron chi connectivity index (χ4n) is 3.63. The van der Waals surface area contributed by atoms with Gasteiger partial charge in [-0.1, -0.05) is 6.92 Å². The van der Waals surface area contributed by atoms with Crippen molar-refractivity contribution in [1.82, 2.24) is 9.47 Å². The van der Waals surface area contributed by atoms with E-state index in [1.54, 1.807) is 7.11 Å². The Morgan fingerprint density at radius 3 is 2.42 bits per heavy atom. The summed E-state index contributed by atoms with van der Waals surface area (Å²) in [4.78, 5) is 26.5. The first-order chi connectivity index (χ1) is 11.4. The van der Waals surface area contributed by atoms with Crippen LogP contribution in [0.15, 0.2) is 6.07 Å². The molecule has 0 saturated carbocycles. The van der Waals surface area contributed by atoms with Gasteiger partial charge in [-0.15, -0.1) is 0 Å². The predicted molar refractivity (Wildman–Crippen MR) is 92.8 cm³/mol.